The Morgan fingerprint density at radius 2 is 2.07 bits per heavy atom. The minimum absolute atomic E-state index is 0.0968. The van der Waals surface area contributed by atoms with Crippen molar-refractivity contribution in [3.05, 3.63) is 28.5 Å². The van der Waals surface area contributed by atoms with E-state index >= 15 is 0 Å². The Balaban J connectivity index is 1.46. The number of nitrogens with zero attached hydrogens (tertiary/aromatic N) is 3. The fraction of sp³-hybridized carbons (Fsp3) is 0.571. The summed E-state index contributed by atoms with van der Waals surface area (Å²) in [6.07, 6.45) is 12.7. The second-order valence-electron chi connectivity index (χ2n) is 7.65. The molecule has 0 unspecified atom stereocenters. The molecule has 2 aliphatic carbocycles. The Labute approximate surface area is 175 Å². The largest absolute Gasteiger partial charge is 0.353 e. The standard InChI is InChI=1S/C21H28N4OS2/c1-2-12-25-20(17-13-27-18-11-7-6-10-16(17)18)23-24-21(25)28-14-19(26)22-15-8-4-3-5-9-15/h2,13,15H,1,3-12,14H2,(H,22,26). The first-order valence-corrected chi connectivity index (χ1v) is 12.2. The van der Waals surface area contributed by atoms with Crippen molar-refractivity contribution in [3.63, 3.8) is 0 Å². The van der Waals surface area contributed by atoms with Crippen LogP contribution in [0.3, 0.4) is 0 Å². The lowest BCUT2D eigenvalue weighted by Crippen LogP contribution is -2.37. The first kappa shape index (κ1) is 19.7. The van der Waals surface area contributed by atoms with Gasteiger partial charge in [0.25, 0.3) is 0 Å². The molecular formula is C21H28N4OS2. The number of aryl methyl sites for hydroxylation is 1. The molecule has 0 aromatic carbocycles. The molecule has 150 valence electrons. The molecule has 4 rings (SSSR count). The number of carbonyl (C=O) groups excluding carboxylic acids is 1. The van der Waals surface area contributed by atoms with E-state index < -0.39 is 0 Å². The minimum Gasteiger partial charge on any atom is -0.353 e. The first-order chi connectivity index (χ1) is 13.8. The van der Waals surface area contributed by atoms with Crippen molar-refractivity contribution in [2.75, 3.05) is 5.75 Å². The molecule has 0 bridgehead atoms. The number of thiophene rings is 1. The van der Waals surface area contributed by atoms with Gasteiger partial charge in [-0.25, -0.2) is 0 Å². The lowest BCUT2D eigenvalue weighted by atomic mass is 9.95. The predicted molar refractivity (Wildman–Crippen MR) is 116 cm³/mol. The molecule has 0 atom stereocenters. The first-order valence-electron chi connectivity index (χ1n) is 10.3. The zero-order chi connectivity index (χ0) is 19.3. The molecule has 1 saturated carbocycles. The average molecular weight is 417 g/mol. The van der Waals surface area contributed by atoms with Crippen LogP contribution in [-0.4, -0.2) is 32.5 Å². The average Bonchev–Trinajstić information content (AvgIpc) is 3.31. The van der Waals surface area contributed by atoms with Gasteiger partial charge in [-0.05, 0) is 44.1 Å². The fourth-order valence-corrected chi connectivity index (χ4v) is 6.10. The van der Waals surface area contributed by atoms with E-state index in [1.807, 2.05) is 17.4 Å². The highest BCUT2D eigenvalue weighted by Crippen LogP contribution is 2.36. The Hall–Kier alpha value is -1.60. The van der Waals surface area contributed by atoms with Crippen LogP contribution in [0.5, 0.6) is 0 Å². The summed E-state index contributed by atoms with van der Waals surface area (Å²) in [4.78, 5) is 13.9. The van der Waals surface area contributed by atoms with Gasteiger partial charge in [-0.2, -0.15) is 0 Å². The number of amides is 1. The maximum atomic E-state index is 12.4. The molecule has 0 radical (unpaired) electrons. The Bertz CT molecular complexity index is 836. The number of hydrogen-bond acceptors (Lipinski definition) is 5. The molecule has 0 saturated heterocycles. The van der Waals surface area contributed by atoms with Gasteiger partial charge in [0.1, 0.15) is 0 Å². The van der Waals surface area contributed by atoms with Gasteiger partial charge in [-0.15, -0.1) is 28.1 Å². The molecule has 1 N–H and O–H groups in total. The van der Waals surface area contributed by atoms with E-state index in [0.717, 1.165) is 30.2 Å². The second-order valence-corrected chi connectivity index (χ2v) is 9.56. The van der Waals surface area contributed by atoms with Crippen LogP contribution in [-0.2, 0) is 24.2 Å². The molecule has 2 aromatic heterocycles. The minimum atomic E-state index is 0.0968. The van der Waals surface area contributed by atoms with Crippen molar-refractivity contribution in [1.29, 1.82) is 0 Å². The van der Waals surface area contributed by atoms with E-state index in [1.54, 1.807) is 0 Å². The highest BCUT2D eigenvalue weighted by Gasteiger charge is 2.22. The smallest absolute Gasteiger partial charge is 0.230 e. The molecule has 2 heterocycles. The number of hydrogen-bond donors (Lipinski definition) is 1. The number of thioether (sulfide) groups is 1. The Morgan fingerprint density at radius 1 is 1.25 bits per heavy atom. The second kappa shape index (κ2) is 9.27. The molecule has 7 heteroatoms. The molecule has 1 fully saturated rings. The summed E-state index contributed by atoms with van der Waals surface area (Å²) in [5, 5.41) is 15.1. The predicted octanol–water partition coefficient (Wildman–Crippen LogP) is 4.61. The summed E-state index contributed by atoms with van der Waals surface area (Å²) in [5.41, 5.74) is 2.66. The third-order valence-electron chi connectivity index (χ3n) is 5.63. The monoisotopic (exact) mass is 416 g/mol. The molecular weight excluding hydrogens is 388 g/mol. The molecule has 2 aliphatic rings. The van der Waals surface area contributed by atoms with Gasteiger partial charge in [-0.3, -0.25) is 9.36 Å². The third kappa shape index (κ3) is 4.35. The third-order valence-corrected chi connectivity index (χ3v) is 7.69. The number of nitrogens with one attached hydrogen (secondary N) is 1. The van der Waals surface area contributed by atoms with Crippen LogP contribution in [0.1, 0.15) is 55.4 Å². The summed E-state index contributed by atoms with van der Waals surface area (Å²) in [5.74, 6) is 1.39. The summed E-state index contributed by atoms with van der Waals surface area (Å²) in [6, 6.07) is 0.348. The van der Waals surface area contributed by atoms with Crippen LogP contribution in [0, 0.1) is 0 Å². The van der Waals surface area contributed by atoms with E-state index in [4.69, 9.17) is 0 Å². The summed E-state index contributed by atoms with van der Waals surface area (Å²) < 4.78 is 2.10. The van der Waals surface area contributed by atoms with Crippen LogP contribution in [0.2, 0.25) is 0 Å². The van der Waals surface area contributed by atoms with Gasteiger partial charge in [-0.1, -0.05) is 37.1 Å². The normalized spacial score (nSPS) is 17.3. The number of carbonyl (C=O) groups is 1. The van der Waals surface area contributed by atoms with Gasteiger partial charge in [0, 0.05) is 28.4 Å². The maximum Gasteiger partial charge on any atom is 0.230 e. The number of fused-ring (bicyclic) bond motifs is 1. The molecule has 1 amide bonds. The van der Waals surface area contributed by atoms with Crippen molar-refractivity contribution in [2.24, 2.45) is 0 Å². The van der Waals surface area contributed by atoms with E-state index in [1.165, 1.54) is 66.3 Å². The van der Waals surface area contributed by atoms with Crippen LogP contribution < -0.4 is 5.32 Å². The maximum absolute atomic E-state index is 12.4. The number of allylic oxidation sites excluding steroid dienone is 1. The van der Waals surface area contributed by atoms with E-state index in [-0.39, 0.29) is 5.91 Å². The van der Waals surface area contributed by atoms with Crippen LogP contribution in [0.15, 0.2) is 23.2 Å². The molecule has 0 spiro atoms. The van der Waals surface area contributed by atoms with Gasteiger partial charge < -0.3 is 5.32 Å². The van der Waals surface area contributed by atoms with Crippen molar-refractivity contribution in [1.82, 2.24) is 20.1 Å². The van der Waals surface area contributed by atoms with E-state index in [0.29, 0.717) is 18.3 Å². The van der Waals surface area contributed by atoms with Gasteiger partial charge >= 0.3 is 0 Å². The highest BCUT2D eigenvalue weighted by atomic mass is 32.2. The van der Waals surface area contributed by atoms with Crippen molar-refractivity contribution < 1.29 is 4.79 Å². The lowest BCUT2D eigenvalue weighted by molar-refractivity contribution is -0.119. The van der Waals surface area contributed by atoms with Crippen LogP contribution in [0.25, 0.3) is 11.4 Å². The van der Waals surface area contributed by atoms with Gasteiger partial charge in [0.15, 0.2) is 11.0 Å². The zero-order valence-electron chi connectivity index (χ0n) is 16.3. The highest BCUT2D eigenvalue weighted by molar-refractivity contribution is 7.99. The van der Waals surface area contributed by atoms with Crippen LogP contribution >= 0.6 is 23.1 Å². The van der Waals surface area contributed by atoms with Crippen molar-refractivity contribution in [3.8, 4) is 11.4 Å². The Kier molecular flexibility index (Phi) is 6.52. The Morgan fingerprint density at radius 3 is 2.89 bits per heavy atom. The molecule has 2 aromatic rings. The topological polar surface area (TPSA) is 59.8 Å². The van der Waals surface area contributed by atoms with Crippen molar-refractivity contribution in [2.45, 2.75) is 75.5 Å². The van der Waals surface area contributed by atoms with Crippen LogP contribution in [0.4, 0.5) is 0 Å². The summed E-state index contributed by atoms with van der Waals surface area (Å²) >= 11 is 3.31. The lowest BCUT2D eigenvalue weighted by Gasteiger charge is -2.22. The van der Waals surface area contributed by atoms with Crippen molar-refractivity contribution >= 4 is 29.0 Å². The number of rotatable bonds is 7. The summed E-state index contributed by atoms with van der Waals surface area (Å²) in [6.45, 7) is 4.55. The van der Waals surface area contributed by atoms with Gasteiger partial charge in [0.05, 0.1) is 5.75 Å². The SMILES string of the molecule is C=CCn1c(SCC(=O)NC2CCCCC2)nnc1-c1csc2c1CCCC2. The van der Waals surface area contributed by atoms with E-state index in [9.17, 15) is 4.79 Å². The van der Waals surface area contributed by atoms with E-state index in [2.05, 4.69) is 32.0 Å². The molecule has 0 aliphatic heterocycles. The zero-order valence-corrected chi connectivity index (χ0v) is 17.9. The number of aromatic nitrogens is 3. The quantitative estimate of drug-likeness (QED) is 0.529. The molecule has 5 nitrogen and oxygen atoms in total. The molecule has 28 heavy (non-hydrogen) atoms. The summed E-state index contributed by atoms with van der Waals surface area (Å²) in [7, 11) is 0. The van der Waals surface area contributed by atoms with Gasteiger partial charge in [0.2, 0.25) is 5.91 Å². The fourth-order valence-electron chi connectivity index (χ4n) is 4.22.